The van der Waals surface area contributed by atoms with E-state index in [2.05, 4.69) is 27.7 Å². The van der Waals surface area contributed by atoms with Gasteiger partial charge < -0.3 is 0 Å². The first-order valence-corrected chi connectivity index (χ1v) is 10.0. The molecule has 21 heavy (non-hydrogen) atoms. The van der Waals surface area contributed by atoms with E-state index in [1.165, 1.54) is 70.6 Å². The van der Waals surface area contributed by atoms with Gasteiger partial charge in [-0.15, -0.1) is 0 Å². The third-order valence-corrected chi connectivity index (χ3v) is 7.15. The summed E-state index contributed by atoms with van der Waals surface area (Å²) in [5.74, 6) is 2.01. The average molecular weight is 295 g/mol. The van der Waals surface area contributed by atoms with Gasteiger partial charge in [0.1, 0.15) is 0 Å². The molecule has 0 radical (unpaired) electrons. The Bertz CT molecular complexity index is 274. The zero-order valence-electron chi connectivity index (χ0n) is 15.9. The Hall–Kier alpha value is 0. The fourth-order valence-electron chi connectivity index (χ4n) is 5.34. The van der Waals surface area contributed by atoms with Crippen molar-refractivity contribution >= 4 is 0 Å². The van der Waals surface area contributed by atoms with Gasteiger partial charge in [0, 0.05) is 0 Å². The molecule has 2 aliphatic carbocycles. The van der Waals surface area contributed by atoms with Crippen molar-refractivity contribution < 1.29 is 0 Å². The lowest BCUT2D eigenvalue weighted by Crippen LogP contribution is -2.40. The third kappa shape index (κ3) is 4.26. The third-order valence-electron chi connectivity index (χ3n) is 7.15. The van der Waals surface area contributed by atoms with Crippen molar-refractivity contribution in [3.05, 3.63) is 0 Å². The highest BCUT2D eigenvalue weighted by Crippen LogP contribution is 2.57. The predicted octanol–water partition coefficient (Wildman–Crippen LogP) is 7.62. The fraction of sp³-hybridized carbons (Fsp3) is 1.00. The Morgan fingerprint density at radius 1 is 0.714 bits per heavy atom. The van der Waals surface area contributed by atoms with Crippen LogP contribution in [0.25, 0.3) is 0 Å². The van der Waals surface area contributed by atoms with E-state index in [4.69, 9.17) is 0 Å². The average Bonchev–Trinajstić information content (AvgIpc) is 2.69. The lowest BCUT2D eigenvalue weighted by molar-refractivity contribution is 0.000382. The van der Waals surface area contributed by atoms with E-state index in [1.807, 2.05) is 13.8 Å². The number of hydrogen-bond acceptors (Lipinski definition) is 0. The molecule has 0 aliphatic heterocycles. The smallest absolute Gasteiger partial charge is 0.0269 e. The molecular formula is C21H42. The van der Waals surface area contributed by atoms with Gasteiger partial charge in [0.15, 0.2) is 0 Å². The Kier molecular flexibility index (Phi) is 7.79. The van der Waals surface area contributed by atoms with Gasteiger partial charge in [-0.05, 0) is 48.3 Å². The van der Waals surface area contributed by atoms with Crippen LogP contribution in [0.2, 0.25) is 0 Å². The molecule has 0 N–H and O–H groups in total. The second kappa shape index (κ2) is 8.59. The first kappa shape index (κ1) is 19.0. The molecule has 2 fully saturated rings. The molecule has 0 amide bonds. The van der Waals surface area contributed by atoms with Gasteiger partial charge in [-0.1, -0.05) is 86.5 Å². The molecule has 126 valence electrons. The van der Waals surface area contributed by atoms with Gasteiger partial charge in [0.2, 0.25) is 0 Å². The fourth-order valence-corrected chi connectivity index (χ4v) is 5.34. The summed E-state index contributed by atoms with van der Waals surface area (Å²) < 4.78 is 0. The Balaban J connectivity index is 0.00000106. The van der Waals surface area contributed by atoms with Crippen LogP contribution < -0.4 is 0 Å². The van der Waals surface area contributed by atoms with E-state index in [0.29, 0.717) is 10.8 Å². The van der Waals surface area contributed by atoms with Crippen LogP contribution in [0.1, 0.15) is 112 Å². The molecule has 0 aromatic carbocycles. The van der Waals surface area contributed by atoms with Crippen LogP contribution in [0.15, 0.2) is 0 Å². The maximum Gasteiger partial charge on any atom is -0.0269 e. The summed E-state index contributed by atoms with van der Waals surface area (Å²) in [6.45, 7) is 14.1. The van der Waals surface area contributed by atoms with Crippen molar-refractivity contribution in [3.8, 4) is 0 Å². The van der Waals surface area contributed by atoms with Crippen LogP contribution >= 0.6 is 0 Å². The standard InChI is InChI=1S/C19H36.C2H6/c1-5-16-11-10-14-19(4,15-17(16)6-2)18(3)12-8-7-9-13-18;1-2/h16-17H,5-15H2,1-4H3;1-2H3. The molecule has 2 aliphatic rings. The molecule has 3 atom stereocenters. The van der Waals surface area contributed by atoms with Crippen LogP contribution in [0.4, 0.5) is 0 Å². The second-order valence-electron chi connectivity index (χ2n) is 8.11. The van der Waals surface area contributed by atoms with Crippen molar-refractivity contribution in [2.75, 3.05) is 0 Å². The summed E-state index contributed by atoms with van der Waals surface area (Å²) in [7, 11) is 0. The lowest BCUT2D eigenvalue weighted by atomic mass is 9.55. The topological polar surface area (TPSA) is 0 Å². The molecule has 0 bridgehead atoms. The van der Waals surface area contributed by atoms with E-state index in [9.17, 15) is 0 Å². The molecule has 0 heteroatoms. The van der Waals surface area contributed by atoms with Gasteiger partial charge >= 0.3 is 0 Å². The van der Waals surface area contributed by atoms with Crippen molar-refractivity contribution in [2.45, 2.75) is 112 Å². The molecule has 0 saturated heterocycles. The van der Waals surface area contributed by atoms with Crippen LogP contribution in [0.5, 0.6) is 0 Å². The highest BCUT2D eigenvalue weighted by molar-refractivity contribution is 4.97. The molecule has 0 aromatic rings. The zero-order chi connectivity index (χ0) is 15.9. The lowest BCUT2D eigenvalue weighted by Gasteiger charge is -2.50. The van der Waals surface area contributed by atoms with Crippen LogP contribution in [-0.4, -0.2) is 0 Å². The van der Waals surface area contributed by atoms with Gasteiger partial charge in [-0.25, -0.2) is 0 Å². The Morgan fingerprint density at radius 3 is 1.76 bits per heavy atom. The maximum absolute atomic E-state index is 2.65. The minimum Gasteiger partial charge on any atom is -0.0683 e. The van der Waals surface area contributed by atoms with E-state index in [1.54, 1.807) is 0 Å². The normalized spacial score (nSPS) is 36.3. The number of rotatable bonds is 3. The molecule has 0 heterocycles. The molecule has 2 saturated carbocycles. The summed E-state index contributed by atoms with van der Waals surface area (Å²) in [6.07, 6.45) is 16.3. The van der Waals surface area contributed by atoms with Gasteiger partial charge in [0.25, 0.3) is 0 Å². The first-order chi connectivity index (χ1) is 10.0. The second-order valence-corrected chi connectivity index (χ2v) is 8.11. The van der Waals surface area contributed by atoms with E-state index < -0.39 is 0 Å². The van der Waals surface area contributed by atoms with Crippen molar-refractivity contribution in [3.63, 3.8) is 0 Å². The highest BCUT2D eigenvalue weighted by Gasteiger charge is 2.46. The summed E-state index contributed by atoms with van der Waals surface area (Å²) in [5, 5.41) is 0. The largest absolute Gasteiger partial charge is 0.0683 e. The quantitative estimate of drug-likeness (QED) is 0.470. The van der Waals surface area contributed by atoms with Gasteiger partial charge in [-0.3, -0.25) is 0 Å². The van der Waals surface area contributed by atoms with Crippen LogP contribution in [-0.2, 0) is 0 Å². The number of hydrogen-bond donors (Lipinski definition) is 0. The Labute approximate surface area is 135 Å². The predicted molar refractivity (Wildman–Crippen MR) is 96.7 cm³/mol. The molecule has 0 aromatic heterocycles. The summed E-state index contributed by atoms with van der Waals surface area (Å²) >= 11 is 0. The monoisotopic (exact) mass is 294 g/mol. The highest BCUT2D eigenvalue weighted by atomic mass is 14.5. The van der Waals surface area contributed by atoms with Gasteiger partial charge in [0.05, 0.1) is 0 Å². The Morgan fingerprint density at radius 2 is 1.24 bits per heavy atom. The van der Waals surface area contributed by atoms with E-state index in [0.717, 1.165) is 11.8 Å². The zero-order valence-corrected chi connectivity index (χ0v) is 15.9. The van der Waals surface area contributed by atoms with Crippen molar-refractivity contribution in [1.29, 1.82) is 0 Å². The first-order valence-electron chi connectivity index (χ1n) is 10.0. The molecule has 0 spiro atoms. The molecule has 0 nitrogen and oxygen atoms in total. The van der Waals surface area contributed by atoms with Crippen LogP contribution in [0, 0.1) is 22.7 Å². The van der Waals surface area contributed by atoms with Crippen molar-refractivity contribution in [1.82, 2.24) is 0 Å². The SMILES string of the molecule is CC.CCC1CCCC(C)(C2(C)CCCCC2)CC1CC. The molecule has 2 rings (SSSR count). The molecular weight excluding hydrogens is 252 g/mol. The maximum atomic E-state index is 2.65. The molecule has 3 unspecified atom stereocenters. The summed E-state index contributed by atoms with van der Waals surface area (Å²) in [4.78, 5) is 0. The summed E-state index contributed by atoms with van der Waals surface area (Å²) in [5.41, 5.74) is 1.26. The summed E-state index contributed by atoms with van der Waals surface area (Å²) in [6, 6.07) is 0. The van der Waals surface area contributed by atoms with E-state index >= 15 is 0 Å². The van der Waals surface area contributed by atoms with Gasteiger partial charge in [-0.2, -0.15) is 0 Å². The minimum absolute atomic E-state index is 0.623. The van der Waals surface area contributed by atoms with E-state index in [-0.39, 0.29) is 0 Å². The van der Waals surface area contributed by atoms with Crippen molar-refractivity contribution in [2.24, 2.45) is 22.7 Å². The minimum atomic E-state index is 0.623. The van der Waals surface area contributed by atoms with Crippen LogP contribution in [0.3, 0.4) is 0 Å².